The van der Waals surface area contributed by atoms with E-state index in [2.05, 4.69) is 14.7 Å². The molecule has 0 aliphatic carbocycles. The third kappa shape index (κ3) is 3.79. The van der Waals surface area contributed by atoms with E-state index in [1.54, 1.807) is 0 Å². The number of halogens is 7. The summed E-state index contributed by atoms with van der Waals surface area (Å²) in [5.74, 6) is -1.87. The number of nitrogens with zero attached hydrogens (tertiary/aromatic N) is 2. The monoisotopic (exact) mass is 342 g/mol. The topological polar surface area (TPSA) is 35.0 Å². The van der Waals surface area contributed by atoms with E-state index in [1.165, 1.54) is 0 Å². The molecule has 0 saturated carbocycles. The van der Waals surface area contributed by atoms with E-state index in [9.17, 15) is 26.3 Å². The molecule has 0 aliphatic rings. The van der Waals surface area contributed by atoms with Crippen molar-refractivity contribution >= 4 is 11.6 Å². The lowest BCUT2D eigenvalue weighted by Crippen LogP contribution is -2.18. The summed E-state index contributed by atoms with van der Waals surface area (Å²) in [5, 5.41) is -0.671. The first kappa shape index (κ1) is 16.3. The van der Waals surface area contributed by atoms with Gasteiger partial charge in [-0.05, 0) is 12.1 Å². The fraction of sp³-hybridized carbons (Fsp3) is 0.167. The summed E-state index contributed by atoms with van der Waals surface area (Å²) in [6.45, 7) is 0. The summed E-state index contributed by atoms with van der Waals surface area (Å²) in [4.78, 5) is 6.88. The van der Waals surface area contributed by atoms with E-state index < -0.39 is 35.2 Å². The molecule has 0 amide bonds. The van der Waals surface area contributed by atoms with Crippen LogP contribution in [0.2, 0.25) is 5.15 Å². The van der Waals surface area contributed by atoms with Gasteiger partial charge in [-0.1, -0.05) is 11.6 Å². The Labute approximate surface area is 124 Å². The quantitative estimate of drug-likeness (QED) is 0.753. The molecule has 22 heavy (non-hydrogen) atoms. The summed E-state index contributed by atoms with van der Waals surface area (Å²) >= 11 is 5.50. The molecular weight excluding hydrogens is 338 g/mol. The highest BCUT2D eigenvalue weighted by Gasteiger charge is 2.32. The first-order valence-electron chi connectivity index (χ1n) is 5.53. The average molecular weight is 343 g/mol. The molecule has 2 aromatic rings. The minimum atomic E-state index is -5.07. The molecule has 0 aliphatic heterocycles. The molecule has 0 spiro atoms. The second-order valence-electron chi connectivity index (χ2n) is 3.92. The highest BCUT2D eigenvalue weighted by molar-refractivity contribution is 6.30. The Morgan fingerprint density at radius 3 is 2.41 bits per heavy atom. The van der Waals surface area contributed by atoms with Crippen molar-refractivity contribution in [3.05, 3.63) is 41.1 Å². The van der Waals surface area contributed by atoms with Gasteiger partial charge < -0.3 is 4.74 Å². The van der Waals surface area contributed by atoms with Crippen LogP contribution in [0.4, 0.5) is 26.3 Å². The third-order valence-electron chi connectivity index (χ3n) is 2.41. The van der Waals surface area contributed by atoms with Gasteiger partial charge in [0.1, 0.15) is 17.3 Å². The molecule has 0 radical (unpaired) electrons. The largest absolute Gasteiger partial charge is 0.573 e. The van der Waals surface area contributed by atoms with Crippen LogP contribution in [0.3, 0.4) is 0 Å². The van der Waals surface area contributed by atoms with Gasteiger partial charge in [0, 0.05) is 11.6 Å². The van der Waals surface area contributed by atoms with Crippen LogP contribution in [0.15, 0.2) is 24.4 Å². The van der Waals surface area contributed by atoms with Gasteiger partial charge in [0.05, 0.1) is 11.9 Å². The highest BCUT2D eigenvalue weighted by Crippen LogP contribution is 2.34. The smallest absolute Gasteiger partial charge is 0.405 e. The SMILES string of the molecule is Fc1ccc(-c2cnc(C(F)F)c(Cl)n2)c(OC(F)(F)F)c1. The zero-order valence-corrected chi connectivity index (χ0v) is 11.1. The highest BCUT2D eigenvalue weighted by atomic mass is 35.5. The number of hydrogen-bond acceptors (Lipinski definition) is 3. The lowest BCUT2D eigenvalue weighted by molar-refractivity contribution is -0.274. The lowest BCUT2D eigenvalue weighted by atomic mass is 10.1. The summed E-state index contributed by atoms with van der Waals surface area (Å²) in [6.07, 6.45) is -7.26. The molecule has 1 aromatic heterocycles. The molecule has 3 nitrogen and oxygen atoms in total. The van der Waals surface area contributed by atoms with E-state index in [4.69, 9.17) is 11.6 Å². The van der Waals surface area contributed by atoms with Crippen LogP contribution in [0.5, 0.6) is 5.75 Å². The molecule has 0 unspecified atom stereocenters. The molecule has 1 aromatic carbocycles. The zero-order valence-electron chi connectivity index (χ0n) is 10.3. The van der Waals surface area contributed by atoms with Gasteiger partial charge in [-0.15, -0.1) is 13.2 Å². The molecule has 10 heteroatoms. The number of benzene rings is 1. The van der Waals surface area contributed by atoms with Crippen LogP contribution in [-0.2, 0) is 0 Å². The lowest BCUT2D eigenvalue weighted by Gasteiger charge is -2.13. The van der Waals surface area contributed by atoms with E-state index >= 15 is 0 Å². The van der Waals surface area contributed by atoms with E-state index in [0.29, 0.717) is 6.07 Å². The first-order valence-corrected chi connectivity index (χ1v) is 5.91. The van der Waals surface area contributed by atoms with Crippen molar-refractivity contribution < 1.29 is 31.1 Å². The molecule has 0 atom stereocenters. The van der Waals surface area contributed by atoms with Crippen molar-refractivity contribution in [3.63, 3.8) is 0 Å². The summed E-state index contributed by atoms with van der Waals surface area (Å²) in [5.41, 5.74) is -1.38. The van der Waals surface area contributed by atoms with E-state index in [0.717, 1.165) is 18.3 Å². The molecule has 1 heterocycles. The summed E-state index contributed by atoms with van der Waals surface area (Å²) in [7, 11) is 0. The zero-order chi connectivity index (χ0) is 16.5. The van der Waals surface area contributed by atoms with Gasteiger partial charge in [0.2, 0.25) is 0 Å². The van der Waals surface area contributed by atoms with Gasteiger partial charge in [0.25, 0.3) is 6.43 Å². The van der Waals surface area contributed by atoms with Gasteiger partial charge >= 0.3 is 6.36 Å². The fourth-order valence-electron chi connectivity index (χ4n) is 1.57. The maximum Gasteiger partial charge on any atom is 0.573 e. The van der Waals surface area contributed by atoms with Crippen LogP contribution in [-0.4, -0.2) is 16.3 Å². The Balaban J connectivity index is 2.50. The molecule has 118 valence electrons. The number of aromatic nitrogens is 2. The average Bonchev–Trinajstić information content (AvgIpc) is 2.36. The fourth-order valence-corrected chi connectivity index (χ4v) is 1.79. The third-order valence-corrected chi connectivity index (χ3v) is 2.69. The Morgan fingerprint density at radius 2 is 1.86 bits per heavy atom. The Kier molecular flexibility index (Phi) is 4.45. The molecule has 2 rings (SSSR count). The van der Waals surface area contributed by atoms with Gasteiger partial charge in [-0.25, -0.2) is 23.1 Å². The van der Waals surface area contributed by atoms with Crippen molar-refractivity contribution in [2.75, 3.05) is 0 Å². The van der Waals surface area contributed by atoms with Crippen molar-refractivity contribution in [1.82, 2.24) is 9.97 Å². The molecular formula is C12H5ClF6N2O. The predicted octanol–water partition coefficient (Wildman–Crippen LogP) is 4.77. The molecule has 0 fully saturated rings. The number of rotatable bonds is 3. The van der Waals surface area contributed by atoms with Crippen molar-refractivity contribution in [3.8, 4) is 17.0 Å². The van der Waals surface area contributed by atoms with Crippen LogP contribution in [0.25, 0.3) is 11.3 Å². The summed E-state index contributed by atoms with van der Waals surface area (Å²) < 4.78 is 78.7. The maximum atomic E-state index is 13.1. The second-order valence-corrected chi connectivity index (χ2v) is 4.28. The van der Waals surface area contributed by atoms with Gasteiger partial charge in [0.15, 0.2) is 5.15 Å². The van der Waals surface area contributed by atoms with E-state index in [-0.39, 0.29) is 11.3 Å². The minimum Gasteiger partial charge on any atom is -0.405 e. The first-order chi connectivity index (χ1) is 10.2. The maximum absolute atomic E-state index is 13.1. The van der Waals surface area contributed by atoms with Crippen LogP contribution in [0, 0.1) is 5.82 Å². The van der Waals surface area contributed by atoms with E-state index in [1.807, 2.05) is 0 Å². The standard InChI is InChI=1S/C12H5ClF6N2O/c13-10-9(11(15)16)20-4-7(21-10)6-2-1-5(14)3-8(6)22-12(17,18)19/h1-4,11H. The van der Waals surface area contributed by atoms with Crippen molar-refractivity contribution in [1.29, 1.82) is 0 Å². The Hall–Kier alpha value is -2.03. The normalized spacial score (nSPS) is 11.8. The van der Waals surface area contributed by atoms with Crippen LogP contribution in [0.1, 0.15) is 12.1 Å². The summed E-state index contributed by atoms with van der Waals surface area (Å²) in [6, 6.07) is 2.29. The second kappa shape index (κ2) is 5.99. The number of hydrogen-bond donors (Lipinski definition) is 0. The van der Waals surface area contributed by atoms with Gasteiger partial charge in [-0.3, -0.25) is 0 Å². The van der Waals surface area contributed by atoms with Gasteiger partial charge in [-0.2, -0.15) is 0 Å². The minimum absolute atomic E-state index is 0.270. The van der Waals surface area contributed by atoms with Crippen molar-refractivity contribution in [2.24, 2.45) is 0 Å². The molecule has 0 saturated heterocycles. The van der Waals surface area contributed by atoms with Crippen molar-refractivity contribution in [2.45, 2.75) is 12.8 Å². The molecule has 0 bridgehead atoms. The predicted molar refractivity (Wildman–Crippen MR) is 64.1 cm³/mol. The van der Waals surface area contributed by atoms with Crippen LogP contribution < -0.4 is 4.74 Å². The number of alkyl halides is 5. The number of ether oxygens (including phenoxy) is 1. The Morgan fingerprint density at radius 1 is 1.18 bits per heavy atom. The van der Waals surface area contributed by atoms with Crippen LogP contribution >= 0.6 is 11.6 Å². The molecule has 0 N–H and O–H groups in total. The Bertz CT molecular complexity index is 692.